The number of unbranched alkanes of at least 4 members (excludes halogenated alkanes) is 1. The normalized spacial score (nSPS) is 22.6. The molecule has 3 aliphatic rings. The quantitative estimate of drug-likeness (QED) is 0.0889. The average molecular weight is 778 g/mol. The van der Waals surface area contributed by atoms with E-state index in [-0.39, 0.29) is 36.8 Å². The highest BCUT2D eigenvalue weighted by Gasteiger charge is 2.41. The van der Waals surface area contributed by atoms with Gasteiger partial charge < -0.3 is 47.0 Å². The van der Waals surface area contributed by atoms with E-state index in [1.165, 1.54) is 31.1 Å². The largest absolute Gasteiger partial charge is 0.394 e. The van der Waals surface area contributed by atoms with Crippen molar-refractivity contribution in [2.75, 3.05) is 26.2 Å². The average Bonchev–Trinajstić information content (AvgIpc) is 3.66. The third kappa shape index (κ3) is 14.0. The Balaban J connectivity index is 1.65. The zero-order chi connectivity index (χ0) is 40.7. The first-order chi connectivity index (χ1) is 26.2. The van der Waals surface area contributed by atoms with Gasteiger partial charge in [0.1, 0.15) is 30.2 Å². The number of likely N-dealkylation sites (tertiary alicyclic amines) is 2. The molecule has 55 heavy (non-hydrogen) atoms. The van der Waals surface area contributed by atoms with Crippen molar-refractivity contribution in [3.63, 3.8) is 0 Å². The second-order valence-corrected chi connectivity index (χ2v) is 16.7. The number of aliphatic hydroxyl groups excluding tert-OH is 2. The molecule has 8 N–H and O–H groups in total. The Bertz CT molecular complexity index is 1280. The molecule has 2 saturated heterocycles. The van der Waals surface area contributed by atoms with Gasteiger partial charge in [0.25, 0.3) is 0 Å². The number of nitrogens with zero attached hydrogens (tertiary/aromatic N) is 2. The molecule has 2 aliphatic heterocycles. The van der Waals surface area contributed by atoms with Crippen LogP contribution in [0.4, 0.5) is 0 Å². The first-order valence-electron chi connectivity index (χ1n) is 21.0. The molecule has 6 amide bonds. The molecule has 0 bridgehead atoms. The number of carbonyl (C=O) groups is 6. The minimum Gasteiger partial charge on any atom is -0.394 e. The SMILES string of the molecule is CC(C)C[C@@H](CO)NC(=O)[C@@H](NC(=O)[C@@H]1CCCN1C(=O)[C@H](C)NC(=O)[C@@H]1CCCCN1C(=O)[C@H](CCCCN)NC(=O)C[C@H](C)C1CCCCC1)[C@@H](C)O. The molecule has 0 aromatic heterocycles. The van der Waals surface area contributed by atoms with E-state index in [4.69, 9.17) is 5.73 Å². The number of carbonyl (C=O) groups excluding carboxylic acids is 6. The van der Waals surface area contributed by atoms with Crippen molar-refractivity contribution < 1.29 is 39.0 Å². The summed E-state index contributed by atoms with van der Waals surface area (Å²) in [5, 5.41) is 31.2. The number of hydrogen-bond donors (Lipinski definition) is 7. The van der Waals surface area contributed by atoms with Crippen LogP contribution in [0.15, 0.2) is 0 Å². The lowest BCUT2D eigenvalue weighted by Crippen LogP contribution is -2.61. The summed E-state index contributed by atoms with van der Waals surface area (Å²) < 4.78 is 0. The molecule has 3 fully saturated rings. The van der Waals surface area contributed by atoms with E-state index in [0.717, 1.165) is 19.3 Å². The van der Waals surface area contributed by atoms with Crippen LogP contribution in [0.1, 0.15) is 131 Å². The molecule has 15 heteroatoms. The predicted molar refractivity (Wildman–Crippen MR) is 209 cm³/mol. The van der Waals surface area contributed by atoms with Crippen LogP contribution in [0, 0.1) is 17.8 Å². The van der Waals surface area contributed by atoms with Crippen molar-refractivity contribution in [1.82, 2.24) is 31.1 Å². The van der Waals surface area contributed by atoms with E-state index in [2.05, 4.69) is 28.2 Å². The molecular formula is C40H71N7O8. The number of hydrogen-bond acceptors (Lipinski definition) is 9. The maximum Gasteiger partial charge on any atom is 0.245 e. The van der Waals surface area contributed by atoms with E-state index in [9.17, 15) is 39.0 Å². The minimum absolute atomic E-state index is 0.161. The molecule has 1 aliphatic carbocycles. The van der Waals surface area contributed by atoms with Crippen LogP contribution in [0.2, 0.25) is 0 Å². The standard InChI is InChI=1S/C40H71N7O8/c1-25(2)22-30(24-48)43-38(53)35(28(5)49)45-37(52)33-18-13-21-46(33)39(54)27(4)42-36(51)32-17-10-12-20-47(32)40(55)31(16-9-11-19-41)44-34(50)23-26(3)29-14-7-6-8-15-29/h25-33,35,48-49H,6-24,41H2,1-5H3,(H,42,51)(H,43,53)(H,44,50)(H,45,52)/t26-,27-,28+,30-,31-,32-,33-,35-/m0/s1. The van der Waals surface area contributed by atoms with Crippen LogP contribution < -0.4 is 27.0 Å². The molecule has 3 rings (SSSR count). The van der Waals surface area contributed by atoms with Crippen molar-refractivity contribution in [3.05, 3.63) is 0 Å². The Morgan fingerprint density at radius 1 is 0.727 bits per heavy atom. The third-order valence-electron chi connectivity index (χ3n) is 11.6. The predicted octanol–water partition coefficient (Wildman–Crippen LogP) is 1.47. The van der Waals surface area contributed by atoms with Gasteiger partial charge in [-0.15, -0.1) is 0 Å². The molecule has 15 nitrogen and oxygen atoms in total. The molecule has 0 aromatic rings. The molecule has 8 atom stereocenters. The third-order valence-corrected chi connectivity index (χ3v) is 11.6. The Labute approximate surface area is 328 Å². The Hall–Kier alpha value is -3.30. The zero-order valence-corrected chi connectivity index (χ0v) is 34.0. The molecule has 2 heterocycles. The Morgan fingerprint density at radius 3 is 1.95 bits per heavy atom. The van der Waals surface area contributed by atoms with Gasteiger partial charge in [-0.1, -0.05) is 52.9 Å². The lowest BCUT2D eigenvalue weighted by atomic mass is 9.79. The minimum atomic E-state index is -1.30. The van der Waals surface area contributed by atoms with Gasteiger partial charge in [0.2, 0.25) is 35.4 Å². The number of nitrogens with one attached hydrogen (secondary N) is 4. The highest BCUT2D eigenvalue weighted by Crippen LogP contribution is 2.31. The summed E-state index contributed by atoms with van der Waals surface area (Å²) >= 11 is 0. The molecule has 0 radical (unpaired) electrons. The maximum atomic E-state index is 14.1. The van der Waals surface area contributed by atoms with Crippen molar-refractivity contribution in [3.8, 4) is 0 Å². The summed E-state index contributed by atoms with van der Waals surface area (Å²) in [5.74, 6) is -1.75. The van der Waals surface area contributed by atoms with E-state index in [1.807, 2.05) is 13.8 Å². The monoisotopic (exact) mass is 778 g/mol. The van der Waals surface area contributed by atoms with Crippen LogP contribution in [-0.2, 0) is 28.8 Å². The lowest BCUT2D eigenvalue weighted by molar-refractivity contribution is -0.147. The van der Waals surface area contributed by atoms with Crippen LogP contribution in [0.5, 0.6) is 0 Å². The summed E-state index contributed by atoms with van der Waals surface area (Å²) in [4.78, 5) is 84.4. The van der Waals surface area contributed by atoms with E-state index < -0.39 is 66.0 Å². The van der Waals surface area contributed by atoms with Gasteiger partial charge in [0, 0.05) is 19.5 Å². The van der Waals surface area contributed by atoms with Crippen molar-refractivity contribution in [2.45, 2.75) is 173 Å². The summed E-state index contributed by atoms with van der Waals surface area (Å²) in [6.07, 6.45) is 9.92. The molecule has 0 unspecified atom stereocenters. The second-order valence-electron chi connectivity index (χ2n) is 16.7. The van der Waals surface area contributed by atoms with Gasteiger partial charge in [-0.2, -0.15) is 0 Å². The number of aliphatic hydroxyl groups is 2. The molecular weight excluding hydrogens is 706 g/mol. The van der Waals surface area contributed by atoms with Gasteiger partial charge in [-0.3, -0.25) is 28.8 Å². The fourth-order valence-electron chi connectivity index (χ4n) is 8.45. The van der Waals surface area contributed by atoms with Crippen LogP contribution >= 0.6 is 0 Å². The molecule has 314 valence electrons. The Morgan fingerprint density at radius 2 is 1.33 bits per heavy atom. The fourth-order valence-corrected chi connectivity index (χ4v) is 8.45. The first-order valence-corrected chi connectivity index (χ1v) is 21.0. The molecule has 1 saturated carbocycles. The van der Waals surface area contributed by atoms with E-state index in [0.29, 0.717) is 76.8 Å². The number of amides is 6. The lowest BCUT2D eigenvalue weighted by Gasteiger charge is -2.38. The Kier molecular flexibility index (Phi) is 19.3. The summed E-state index contributed by atoms with van der Waals surface area (Å²) in [5.41, 5.74) is 5.74. The van der Waals surface area contributed by atoms with Gasteiger partial charge in [-0.25, -0.2) is 0 Å². The first kappa shape index (κ1) is 46.1. The van der Waals surface area contributed by atoms with Gasteiger partial charge in [-0.05, 0) is 95.9 Å². The maximum absolute atomic E-state index is 14.1. The fraction of sp³-hybridized carbons (Fsp3) is 0.850. The number of piperidine rings is 1. The number of rotatable bonds is 20. The smallest absolute Gasteiger partial charge is 0.245 e. The van der Waals surface area contributed by atoms with E-state index in [1.54, 1.807) is 11.8 Å². The van der Waals surface area contributed by atoms with Crippen LogP contribution in [-0.4, -0.2) is 124 Å². The van der Waals surface area contributed by atoms with E-state index >= 15 is 0 Å². The summed E-state index contributed by atoms with van der Waals surface area (Å²) in [6, 6.07) is -5.40. The molecule has 0 aromatic carbocycles. The van der Waals surface area contributed by atoms with Gasteiger partial charge >= 0.3 is 0 Å². The van der Waals surface area contributed by atoms with Crippen LogP contribution in [0.3, 0.4) is 0 Å². The highest BCUT2D eigenvalue weighted by atomic mass is 16.3. The summed E-state index contributed by atoms with van der Waals surface area (Å²) in [6.45, 7) is 9.72. The zero-order valence-electron chi connectivity index (χ0n) is 34.0. The van der Waals surface area contributed by atoms with Gasteiger partial charge in [0.15, 0.2) is 0 Å². The highest BCUT2D eigenvalue weighted by molar-refractivity contribution is 5.96. The van der Waals surface area contributed by atoms with Crippen molar-refractivity contribution in [2.24, 2.45) is 23.5 Å². The van der Waals surface area contributed by atoms with Crippen molar-refractivity contribution in [1.29, 1.82) is 0 Å². The summed E-state index contributed by atoms with van der Waals surface area (Å²) in [7, 11) is 0. The second kappa shape index (κ2) is 23.1. The topological polar surface area (TPSA) is 224 Å². The number of nitrogens with two attached hydrogens (primary N) is 1. The molecule has 0 spiro atoms. The van der Waals surface area contributed by atoms with Crippen LogP contribution in [0.25, 0.3) is 0 Å². The van der Waals surface area contributed by atoms with Crippen molar-refractivity contribution >= 4 is 35.4 Å². The van der Waals surface area contributed by atoms with Gasteiger partial charge in [0.05, 0.1) is 18.8 Å².